The zero-order chi connectivity index (χ0) is 10.5. The van der Waals surface area contributed by atoms with E-state index in [0.29, 0.717) is 0 Å². The molecule has 14 heavy (non-hydrogen) atoms. The lowest BCUT2D eigenvalue weighted by molar-refractivity contribution is -0.0926. The molecular weight excluding hydrogens is 190 g/mol. The SMILES string of the molecule is NC1[C@@H](O)[C@@H]2NC(=O)N[C@@H](C2O)[C@H]1O. The summed E-state index contributed by atoms with van der Waals surface area (Å²) in [6, 6.07) is -3.02. The summed E-state index contributed by atoms with van der Waals surface area (Å²) < 4.78 is 0. The van der Waals surface area contributed by atoms with Gasteiger partial charge in [0.15, 0.2) is 0 Å². The highest BCUT2D eigenvalue weighted by Crippen LogP contribution is 2.22. The highest BCUT2D eigenvalue weighted by Gasteiger charge is 2.51. The molecule has 0 radical (unpaired) electrons. The predicted octanol–water partition coefficient (Wildman–Crippen LogP) is -3.54. The number of rotatable bonds is 0. The number of aliphatic hydroxyl groups excluding tert-OH is 3. The Kier molecular flexibility index (Phi) is 2.11. The maximum Gasteiger partial charge on any atom is 0.315 e. The van der Waals surface area contributed by atoms with Crippen molar-refractivity contribution in [2.45, 2.75) is 36.4 Å². The number of nitrogens with one attached hydrogen (secondary N) is 2. The summed E-state index contributed by atoms with van der Waals surface area (Å²) in [4.78, 5) is 11.0. The molecule has 2 fully saturated rings. The zero-order valence-electron chi connectivity index (χ0n) is 7.29. The van der Waals surface area contributed by atoms with Crippen LogP contribution in [0, 0.1) is 0 Å². The Morgan fingerprint density at radius 1 is 1.00 bits per heavy atom. The number of nitrogens with two attached hydrogens (primary N) is 1. The van der Waals surface area contributed by atoms with Gasteiger partial charge in [-0.25, -0.2) is 4.79 Å². The molecule has 1 heterocycles. The minimum atomic E-state index is -1.14. The van der Waals surface area contributed by atoms with Gasteiger partial charge < -0.3 is 31.7 Å². The van der Waals surface area contributed by atoms with E-state index in [-0.39, 0.29) is 0 Å². The first-order valence-electron chi connectivity index (χ1n) is 4.39. The molecule has 0 aromatic carbocycles. The number of hydrogen-bond acceptors (Lipinski definition) is 5. The largest absolute Gasteiger partial charge is 0.389 e. The van der Waals surface area contributed by atoms with Gasteiger partial charge in [0.2, 0.25) is 0 Å². The molecule has 1 aliphatic carbocycles. The Hall–Kier alpha value is -0.890. The topological polar surface area (TPSA) is 128 Å². The normalized spacial score (nSPS) is 52.1. The van der Waals surface area contributed by atoms with Gasteiger partial charge in [0.25, 0.3) is 0 Å². The molecule has 1 saturated heterocycles. The summed E-state index contributed by atoms with van der Waals surface area (Å²) in [6.45, 7) is 0. The van der Waals surface area contributed by atoms with Crippen LogP contribution in [-0.4, -0.2) is 57.8 Å². The average Bonchev–Trinajstić information content (AvgIpc) is 2.16. The standard InChI is InChI=1S/C7H13N3O4/c8-1-4(11)2-6(13)3(5(1)12)10-7(14)9-2/h1-6,11-13H,8H2,(H2,9,10,14)/t1?,2-,3+,4+,5-,6?. The lowest BCUT2D eigenvalue weighted by atomic mass is 9.79. The Bertz CT molecular complexity index is 231. The fourth-order valence-electron chi connectivity index (χ4n) is 1.99. The van der Waals surface area contributed by atoms with Crippen LogP contribution >= 0.6 is 0 Å². The quantitative estimate of drug-likeness (QED) is 0.243. The second kappa shape index (κ2) is 3.06. The summed E-state index contributed by atoms with van der Waals surface area (Å²) in [5.74, 6) is 0. The molecular formula is C7H13N3O4. The van der Waals surface area contributed by atoms with Crippen LogP contribution in [0.1, 0.15) is 0 Å². The van der Waals surface area contributed by atoms with Gasteiger partial charge in [-0.05, 0) is 0 Å². The predicted molar refractivity (Wildman–Crippen MR) is 45.2 cm³/mol. The molecule has 0 spiro atoms. The van der Waals surface area contributed by atoms with Crippen molar-refractivity contribution in [1.29, 1.82) is 0 Å². The van der Waals surface area contributed by atoms with Crippen LogP contribution in [0.3, 0.4) is 0 Å². The van der Waals surface area contributed by atoms with Crippen LogP contribution in [0.5, 0.6) is 0 Å². The molecule has 2 aliphatic rings. The van der Waals surface area contributed by atoms with E-state index in [2.05, 4.69) is 10.6 Å². The molecule has 1 aliphatic heterocycles. The van der Waals surface area contributed by atoms with Crippen molar-refractivity contribution >= 4 is 6.03 Å². The molecule has 2 unspecified atom stereocenters. The summed E-state index contributed by atoms with van der Waals surface area (Å²) in [5, 5.41) is 33.4. The third-order valence-electron chi connectivity index (χ3n) is 2.86. The maximum atomic E-state index is 11.0. The van der Waals surface area contributed by atoms with E-state index >= 15 is 0 Å². The van der Waals surface area contributed by atoms with Gasteiger partial charge in [0, 0.05) is 0 Å². The Morgan fingerprint density at radius 3 is 1.86 bits per heavy atom. The molecule has 80 valence electrons. The maximum absolute atomic E-state index is 11.0. The molecule has 0 aromatic rings. The van der Waals surface area contributed by atoms with Crippen molar-refractivity contribution < 1.29 is 20.1 Å². The third kappa shape index (κ3) is 1.17. The molecule has 2 amide bonds. The molecule has 7 nitrogen and oxygen atoms in total. The lowest BCUT2D eigenvalue weighted by Crippen LogP contribution is -2.78. The second-order valence-electron chi connectivity index (χ2n) is 3.72. The van der Waals surface area contributed by atoms with E-state index in [4.69, 9.17) is 5.73 Å². The first-order valence-corrected chi connectivity index (χ1v) is 4.39. The van der Waals surface area contributed by atoms with Gasteiger partial charge in [0.1, 0.15) is 0 Å². The molecule has 2 bridgehead atoms. The van der Waals surface area contributed by atoms with Crippen LogP contribution in [0.25, 0.3) is 0 Å². The van der Waals surface area contributed by atoms with Crippen molar-refractivity contribution in [3.63, 3.8) is 0 Å². The van der Waals surface area contributed by atoms with E-state index in [1.54, 1.807) is 0 Å². The highest BCUT2D eigenvalue weighted by atomic mass is 16.3. The summed E-state index contributed by atoms with van der Waals surface area (Å²) >= 11 is 0. The zero-order valence-corrected chi connectivity index (χ0v) is 7.29. The van der Waals surface area contributed by atoms with Gasteiger partial charge in [-0.15, -0.1) is 0 Å². The van der Waals surface area contributed by atoms with Gasteiger partial charge in [-0.3, -0.25) is 0 Å². The molecule has 7 heteroatoms. The average molecular weight is 203 g/mol. The van der Waals surface area contributed by atoms with E-state index in [1.165, 1.54) is 0 Å². The number of carbonyl (C=O) groups is 1. The van der Waals surface area contributed by atoms with Crippen LogP contribution in [0.4, 0.5) is 4.79 Å². The third-order valence-corrected chi connectivity index (χ3v) is 2.86. The molecule has 6 atom stereocenters. The number of amides is 2. The van der Waals surface area contributed by atoms with E-state index < -0.39 is 42.5 Å². The van der Waals surface area contributed by atoms with Crippen molar-refractivity contribution in [3.05, 3.63) is 0 Å². The molecule has 0 aromatic heterocycles. The fourth-order valence-corrected chi connectivity index (χ4v) is 1.99. The second-order valence-corrected chi connectivity index (χ2v) is 3.72. The van der Waals surface area contributed by atoms with Gasteiger partial charge in [-0.1, -0.05) is 0 Å². The molecule has 2 rings (SSSR count). The Morgan fingerprint density at radius 2 is 1.43 bits per heavy atom. The number of carbonyl (C=O) groups excluding carboxylic acids is 1. The van der Waals surface area contributed by atoms with E-state index in [1.807, 2.05) is 0 Å². The van der Waals surface area contributed by atoms with Crippen LogP contribution in [0.15, 0.2) is 0 Å². The number of urea groups is 1. The highest BCUT2D eigenvalue weighted by molar-refractivity contribution is 5.76. The fraction of sp³-hybridized carbons (Fsp3) is 0.857. The van der Waals surface area contributed by atoms with Crippen LogP contribution in [0.2, 0.25) is 0 Å². The lowest BCUT2D eigenvalue weighted by Gasteiger charge is -2.48. The minimum absolute atomic E-state index is 0.518. The summed E-state index contributed by atoms with van der Waals surface area (Å²) in [7, 11) is 0. The number of fused-ring (bicyclic) bond motifs is 2. The minimum Gasteiger partial charge on any atom is -0.389 e. The van der Waals surface area contributed by atoms with E-state index in [0.717, 1.165) is 0 Å². The Labute approximate surface area is 79.9 Å². The van der Waals surface area contributed by atoms with Gasteiger partial charge in [-0.2, -0.15) is 0 Å². The summed E-state index contributed by atoms with van der Waals surface area (Å²) in [5.41, 5.74) is 5.52. The van der Waals surface area contributed by atoms with Gasteiger partial charge >= 0.3 is 6.03 Å². The van der Waals surface area contributed by atoms with Crippen molar-refractivity contribution in [2.24, 2.45) is 5.73 Å². The van der Waals surface area contributed by atoms with Crippen molar-refractivity contribution in [3.8, 4) is 0 Å². The monoisotopic (exact) mass is 203 g/mol. The van der Waals surface area contributed by atoms with Crippen molar-refractivity contribution in [1.82, 2.24) is 10.6 Å². The van der Waals surface area contributed by atoms with Crippen molar-refractivity contribution in [2.75, 3.05) is 0 Å². The smallest absolute Gasteiger partial charge is 0.315 e. The first kappa shape index (κ1) is 9.66. The molecule has 7 N–H and O–H groups in total. The van der Waals surface area contributed by atoms with Crippen LogP contribution < -0.4 is 16.4 Å². The first-order chi connectivity index (χ1) is 6.52. The number of aliphatic hydroxyl groups is 3. The van der Waals surface area contributed by atoms with Gasteiger partial charge in [0.05, 0.1) is 36.4 Å². The molecule has 1 saturated carbocycles. The van der Waals surface area contributed by atoms with Crippen LogP contribution in [-0.2, 0) is 0 Å². The Balaban J connectivity index is 2.27. The summed E-state index contributed by atoms with van der Waals surface area (Å²) in [6.07, 6.45) is -3.30. The number of hydrogen-bond donors (Lipinski definition) is 6. The van der Waals surface area contributed by atoms with E-state index in [9.17, 15) is 20.1 Å².